The molecule has 0 bridgehead atoms. The van der Waals surface area contributed by atoms with E-state index in [-0.39, 0.29) is 5.82 Å². The van der Waals surface area contributed by atoms with Gasteiger partial charge in [0, 0.05) is 6.54 Å². The predicted molar refractivity (Wildman–Crippen MR) is 94.4 cm³/mol. The van der Waals surface area contributed by atoms with Crippen LogP contribution in [0.25, 0.3) is 0 Å². The molecule has 1 N–H and O–H groups in total. The van der Waals surface area contributed by atoms with Crippen LogP contribution < -0.4 is 10.4 Å². The van der Waals surface area contributed by atoms with Gasteiger partial charge in [0.2, 0.25) is 0 Å². The molecule has 3 rings (SSSR count). The average Bonchev–Trinajstić information content (AvgIpc) is 2.58. The second-order valence-electron chi connectivity index (χ2n) is 6.13. The molecule has 0 unspecified atom stereocenters. The van der Waals surface area contributed by atoms with E-state index in [1.165, 1.54) is 11.6 Å². The molecule has 1 aliphatic heterocycles. The van der Waals surface area contributed by atoms with E-state index in [9.17, 15) is 4.39 Å². The summed E-state index contributed by atoms with van der Waals surface area (Å²) in [5.41, 5.74) is 3.68. The van der Waals surface area contributed by atoms with Crippen LogP contribution in [0.4, 0.5) is 15.8 Å². The number of nitrogens with zero attached hydrogens (tertiary/aromatic N) is 2. The van der Waals surface area contributed by atoms with Crippen LogP contribution >= 0.6 is 0 Å². The fourth-order valence-corrected chi connectivity index (χ4v) is 2.92. The number of hydroxylamine groups is 2. The number of benzene rings is 2. The van der Waals surface area contributed by atoms with Crippen molar-refractivity contribution in [1.82, 2.24) is 10.4 Å². The highest BCUT2D eigenvalue weighted by atomic mass is 19.1. The van der Waals surface area contributed by atoms with Crippen molar-refractivity contribution in [2.75, 3.05) is 25.2 Å². The van der Waals surface area contributed by atoms with E-state index < -0.39 is 0 Å². The number of anilines is 2. The summed E-state index contributed by atoms with van der Waals surface area (Å²) in [6, 6.07) is 12.9. The summed E-state index contributed by atoms with van der Waals surface area (Å²) in [5.74, 6) is -0.291. The van der Waals surface area contributed by atoms with Crippen molar-refractivity contribution in [2.45, 2.75) is 26.3 Å². The second-order valence-corrected chi connectivity index (χ2v) is 6.13. The van der Waals surface area contributed by atoms with Crippen LogP contribution in [-0.2, 0) is 11.5 Å². The maximum atomic E-state index is 14.3. The highest BCUT2D eigenvalue weighted by Crippen LogP contribution is 2.36. The highest BCUT2D eigenvalue weighted by molar-refractivity contribution is 5.65. The maximum Gasteiger partial charge on any atom is 0.149 e. The molecule has 0 radical (unpaired) electrons. The van der Waals surface area contributed by atoms with Gasteiger partial charge in [0.25, 0.3) is 0 Å². The van der Waals surface area contributed by atoms with Crippen molar-refractivity contribution in [3.05, 3.63) is 59.4 Å². The SMILES string of the molecule is CNCCCCN1Cc2cc(C)ccc2N(c2ccccc2F)O1. The van der Waals surface area contributed by atoms with Crippen molar-refractivity contribution in [3.8, 4) is 0 Å². The Kier molecular flexibility index (Phi) is 5.45. The molecule has 128 valence electrons. The molecule has 0 saturated heterocycles. The first-order chi connectivity index (χ1) is 11.7. The van der Waals surface area contributed by atoms with Crippen molar-refractivity contribution in [2.24, 2.45) is 0 Å². The molecule has 1 heterocycles. The fraction of sp³-hybridized carbons (Fsp3) is 0.368. The van der Waals surface area contributed by atoms with Gasteiger partial charge in [-0.25, -0.2) is 4.39 Å². The Hall–Kier alpha value is -1.95. The van der Waals surface area contributed by atoms with E-state index in [1.807, 2.05) is 30.3 Å². The first kappa shape index (κ1) is 16.9. The van der Waals surface area contributed by atoms with Crippen molar-refractivity contribution < 1.29 is 9.33 Å². The Bertz CT molecular complexity index is 692. The first-order valence-corrected chi connectivity index (χ1v) is 8.41. The predicted octanol–water partition coefficient (Wildman–Crippen LogP) is 3.93. The van der Waals surface area contributed by atoms with Gasteiger partial charge < -0.3 is 5.32 Å². The van der Waals surface area contributed by atoms with E-state index in [4.69, 9.17) is 4.94 Å². The van der Waals surface area contributed by atoms with E-state index >= 15 is 0 Å². The molecule has 5 heteroatoms. The Morgan fingerprint density at radius 3 is 2.75 bits per heavy atom. The zero-order chi connectivity index (χ0) is 16.9. The lowest BCUT2D eigenvalue weighted by Gasteiger charge is -2.36. The number of hydrogen-bond donors (Lipinski definition) is 1. The normalized spacial score (nSPS) is 14.7. The monoisotopic (exact) mass is 329 g/mol. The van der Waals surface area contributed by atoms with E-state index in [0.717, 1.165) is 37.2 Å². The molecule has 0 aromatic heterocycles. The molecule has 0 spiro atoms. The van der Waals surface area contributed by atoms with E-state index in [0.29, 0.717) is 12.2 Å². The topological polar surface area (TPSA) is 27.7 Å². The first-order valence-electron chi connectivity index (χ1n) is 8.41. The molecular weight excluding hydrogens is 305 g/mol. The summed E-state index contributed by atoms with van der Waals surface area (Å²) in [6.07, 6.45) is 2.10. The Morgan fingerprint density at radius 1 is 1.12 bits per heavy atom. The van der Waals surface area contributed by atoms with Gasteiger partial charge in [-0.1, -0.05) is 29.8 Å². The molecule has 4 nitrogen and oxygen atoms in total. The number of aryl methyl sites for hydroxylation is 1. The van der Waals surface area contributed by atoms with Crippen LogP contribution in [-0.4, -0.2) is 25.2 Å². The minimum Gasteiger partial charge on any atom is -0.320 e. The molecule has 0 fully saturated rings. The third-order valence-corrected chi connectivity index (χ3v) is 4.15. The van der Waals surface area contributed by atoms with Gasteiger partial charge in [-0.15, -0.1) is 0 Å². The lowest BCUT2D eigenvalue weighted by Crippen LogP contribution is -2.38. The van der Waals surface area contributed by atoms with Crippen molar-refractivity contribution >= 4 is 11.4 Å². The van der Waals surface area contributed by atoms with Crippen LogP contribution in [0, 0.1) is 12.7 Å². The number of hydrogen-bond acceptors (Lipinski definition) is 4. The number of nitrogens with one attached hydrogen (secondary N) is 1. The summed E-state index contributed by atoms with van der Waals surface area (Å²) in [5, 5.41) is 6.66. The van der Waals surface area contributed by atoms with Crippen molar-refractivity contribution in [3.63, 3.8) is 0 Å². The fourth-order valence-electron chi connectivity index (χ4n) is 2.92. The maximum absolute atomic E-state index is 14.3. The molecule has 0 aliphatic carbocycles. The molecule has 0 amide bonds. The number of fused-ring (bicyclic) bond motifs is 1. The number of unbranched alkanes of at least 4 members (excludes halogenated alkanes) is 1. The summed E-state index contributed by atoms with van der Waals surface area (Å²) in [4.78, 5) is 6.01. The average molecular weight is 329 g/mol. The molecular formula is C19H24FN3O. The molecule has 24 heavy (non-hydrogen) atoms. The van der Waals surface area contributed by atoms with Gasteiger partial charge in [0.05, 0.1) is 12.2 Å². The number of rotatable bonds is 6. The van der Waals surface area contributed by atoms with Crippen LogP contribution in [0.15, 0.2) is 42.5 Å². The lowest BCUT2D eigenvalue weighted by atomic mass is 10.1. The van der Waals surface area contributed by atoms with Gasteiger partial charge in [0.15, 0.2) is 0 Å². The molecule has 0 saturated carbocycles. The Labute approximate surface area is 142 Å². The van der Waals surface area contributed by atoms with Crippen LogP contribution in [0.1, 0.15) is 24.0 Å². The summed E-state index contributed by atoms with van der Waals surface area (Å²) < 4.78 is 14.3. The smallest absolute Gasteiger partial charge is 0.149 e. The molecule has 2 aromatic rings. The van der Waals surface area contributed by atoms with Crippen LogP contribution in [0.5, 0.6) is 0 Å². The van der Waals surface area contributed by atoms with Gasteiger partial charge in [-0.05, 0) is 57.1 Å². The standard InChI is InChI=1S/C19H24FN3O/c1-15-9-10-18-16(13-15)14-22(12-6-5-11-21-2)24-23(18)19-8-4-3-7-17(19)20/h3-4,7-10,13,21H,5-6,11-12,14H2,1-2H3. The number of para-hydroxylation sites is 1. The summed E-state index contributed by atoms with van der Waals surface area (Å²) in [6.45, 7) is 4.57. The number of halogens is 1. The molecule has 0 atom stereocenters. The van der Waals surface area contributed by atoms with Gasteiger partial charge in [-0.3, -0.25) is 0 Å². The van der Waals surface area contributed by atoms with E-state index in [1.54, 1.807) is 17.2 Å². The Balaban J connectivity index is 1.85. The zero-order valence-corrected chi connectivity index (χ0v) is 14.3. The third-order valence-electron chi connectivity index (χ3n) is 4.15. The van der Waals surface area contributed by atoms with Gasteiger partial charge in [-0.2, -0.15) is 15.1 Å². The second kappa shape index (κ2) is 7.75. The van der Waals surface area contributed by atoms with E-state index in [2.05, 4.69) is 18.3 Å². The Morgan fingerprint density at radius 2 is 1.96 bits per heavy atom. The highest BCUT2D eigenvalue weighted by Gasteiger charge is 2.26. The lowest BCUT2D eigenvalue weighted by molar-refractivity contribution is -0.176. The van der Waals surface area contributed by atoms with Crippen LogP contribution in [0.3, 0.4) is 0 Å². The molecule has 1 aliphatic rings. The quantitative estimate of drug-likeness (QED) is 0.813. The van der Waals surface area contributed by atoms with Crippen LogP contribution in [0.2, 0.25) is 0 Å². The summed E-state index contributed by atoms with van der Waals surface area (Å²) in [7, 11) is 1.95. The third kappa shape index (κ3) is 3.75. The largest absolute Gasteiger partial charge is 0.320 e. The van der Waals surface area contributed by atoms with Crippen molar-refractivity contribution in [1.29, 1.82) is 0 Å². The van der Waals surface area contributed by atoms with Gasteiger partial charge >= 0.3 is 0 Å². The minimum atomic E-state index is -0.291. The summed E-state index contributed by atoms with van der Waals surface area (Å²) >= 11 is 0. The molecule has 2 aromatic carbocycles. The zero-order valence-electron chi connectivity index (χ0n) is 14.3. The van der Waals surface area contributed by atoms with Gasteiger partial charge in [0.1, 0.15) is 11.5 Å². The minimum absolute atomic E-state index is 0.291.